The summed E-state index contributed by atoms with van der Waals surface area (Å²) in [5.74, 6) is -0.351. The number of nitrogens with two attached hydrogens (primary N) is 1. The molecule has 0 bridgehead atoms. The van der Waals surface area contributed by atoms with Gasteiger partial charge in [0.15, 0.2) is 0 Å². The molecule has 0 aliphatic heterocycles. The molecule has 2 N–H and O–H groups in total. The molecule has 0 spiro atoms. The van der Waals surface area contributed by atoms with Crippen molar-refractivity contribution in [2.45, 2.75) is 0 Å². The fourth-order valence-electron chi connectivity index (χ4n) is 1.72. The monoisotopic (exact) mass is 271 g/mol. The third kappa shape index (κ3) is 2.46. The van der Waals surface area contributed by atoms with Gasteiger partial charge < -0.3 is 5.73 Å². The van der Waals surface area contributed by atoms with Crippen LogP contribution in [0.1, 0.15) is 0 Å². The van der Waals surface area contributed by atoms with Crippen LogP contribution in [-0.2, 0) is 0 Å². The number of hydrogen-bond donors (Lipinski definition) is 1. The number of rotatable bonds is 2. The van der Waals surface area contributed by atoms with Crippen molar-refractivity contribution in [2.24, 2.45) is 0 Å². The Labute approximate surface area is 113 Å². The summed E-state index contributed by atoms with van der Waals surface area (Å²) in [6.45, 7) is 0. The van der Waals surface area contributed by atoms with E-state index in [4.69, 9.17) is 5.73 Å². The van der Waals surface area contributed by atoms with Gasteiger partial charge in [0.25, 0.3) is 0 Å². The summed E-state index contributed by atoms with van der Waals surface area (Å²) in [6, 6.07) is 10.5. The van der Waals surface area contributed by atoms with Crippen molar-refractivity contribution in [1.29, 1.82) is 0 Å². The molecule has 1 aromatic carbocycles. The zero-order valence-corrected chi connectivity index (χ0v) is 10.7. The molecular weight excluding hydrogens is 261 g/mol. The Morgan fingerprint density at radius 1 is 1.11 bits per heavy atom. The Hall–Kier alpha value is -2.27. The first-order chi connectivity index (χ1) is 9.22. The molecule has 5 heteroatoms. The van der Waals surface area contributed by atoms with E-state index in [1.807, 2.05) is 29.6 Å². The van der Waals surface area contributed by atoms with Crippen molar-refractivity contribution in [1.82, 2.24) is 9.97 Å². The molecule has 94 valence electrons. The maximum absolute atomic E-state index is 12.8. The van der Waals surface area contributed by atoms with Gasteiger partial charge in [-0.25, -0.2) is 9.37 Å². The van der Waals surface area contributed by atoms with Crippen LogP contribution in [0.2, 0.25) is 0 Å². The average Bonchev–Trinajstić information content (AvgIpc) is 2.89. The van der Waals surface area contributed by atoms with E-state index in [0.29, 0.717) is 11.4 Å². The fourth-order valence-corrected chi connectivity index (χ4v) is 2.53. The van der Waals surface area contributed by atoms with E-state index in [0.717, 1.165) is 16.3 Å². The Morgan fingerprint density at radius 2 is 2.00 bits per heavy atom. The number of pyridine rings is 1. The van der Waals surface area contributed by atoms with E-state index in [9.17, 15) is 4.39 Å². The second-order valence-corrected chi connectivity index (χ2v) is 4.88. The molecule has 0 fully saturated rings. The normalized spacial score (nSPS) is 10.6. The summed E-state index contributed by atoms with van der Waals surface area (Å²) in [5, 5.41) is 2.70. The first kappa shape index (κ1) is 11.8. The lowest BCUT2D eigenvalue weighted by Crippen LogP contribution is -1.86. The first-order valence-corrected chi connectivity index (χ1v) is 6.54. The highest BCUT2D eigenvalue weighted by Crippen LogP contribution is 2.28. The van der Waals surface area contributed by atoms with Crippen molar-refractivity contribution in [3.05, 3.63) is 53.8 Å². The lowest BCUT2D eigenvalue weighted by atomic mass is 10.1. The van der Waals surface area contributed by atoms with Crippen LogP contribution in [0.15, 0.2) is 48.0 Å². The summed E-state index contributed by atoms with van der Waals surface area (Å²) >= 11 is 1.47. The second-order valence-electron chi connectivity index (χ2n) is 4.03. The lowest BCUT2D eigenvalue weighted by Gasteiger charge is -1.98. The van der Waals surface area contributed by atoms with Gasteiger partial charge in [-0.05, 0) is 24.3 Å². The molecule has 3 nitrogen and oxygen atoms in total. The van der Waals surface area contributed by atoms with Crippen molar-refractivity contribution < 1.29 is 4.39 Å². The van der Waals surface area contributed by atoms with Crippen molar-refractivity contribution >= 4 is 17.0 Å². The summed E-state index contributed by atoms with van der Waals surface area (Å²) in [7, 11) is 0. The summed E-state index contributed by atoms with van der Waals surface area (Å²) in [4.78, 5) is 8.52. The van der Waals surface area contributed by atoms with Crippen LogP contribution in [0.4, 0.5) is 10.1 Å². The maximum atomic E-state index is 12.8. The predicted molar refractivity (Wildman–Crippen MR) is 75.2 cm³/mol. The van der Waals surface area contributed by atoms with E-state index in [-0.39, 0.29) is 5.82 Å². The Balaban J connectivity index is 1.97. The molecule has 2 aromatic heterocycles. The van der Waals surface area contributed by atoms with Gasteiger partial charge in [-0.3, -0.25) is 4.98 Å². The van der Waals surface area contributed by atoms with Gasteiger partial charge in [-0.2, -0.15) is 0 Å². The molecule has 0 saturated heterocycles. The molecule has 0 amide bonds. The van der Waals surface area contributed by atoms with Gasteiger partial charge in [0.1, 0.15) is 10.8 Å². The molecular formula is C14H10FN3S. The number of thiazole rings is 1. The molecule has 3 aromatic rings. The molecule has 0 atom stereocenters. The number of aromatic nitrogens is 2. The number of benzene rings is 1. The summed E-state index contributed by atoms with van der Waals surface area (Å²) in [6.07, 6.45) is 1.19. The average molecular weight is 271 g/mol. The molecule has 0 aliphatic carbocycles. The highest BCUT2D eigenvalue weighted by Gasteiger charge is 2.08. The topological polar surface area (TPSA) is 51.8 Å². The van der Waals surface area contributed by atoms with E-state index in [1.54, 1.807) is 6.07 Å². The van der Waals surface area contributed by atoms with Crippen LogP contribution < -0.4 is 5.73 Å². The minimum Gasteiger partial charge on any atom is -0.399 e. The highest BCUT2D eigenvalue weighted by molar-refractivity contribution is 7.13. The Bertz CT molecular complexity index is 707. The van der Waals surface area contributed by atoms with Crippen molar-refractivity contribution in [2.75, 3.05) is 5.73 Å². The predicted octanol–water partition coefficient (Wildman–Crippen LogP) is 3.59. The van der Waals surface area contributed by atoms with E-state index >= 15 is 0 Å². The van der Waals surface area contributed by atoms with Gasteiger partial charge in [-0.15, -0.1) is 11.3 Å². The zero-order chi connectivity index (χ0) is 13.2. The van der Waals surface area contributed by atoms with Crippen molar-refractivity contribution in [3.8, 4) is 22.0 Å². The van der Waals surface area contributed by atoms with Crippen LogP contribution in [0.5, 0.6) is 0 Å². The van der Waals surface area contributed by atoms with E-state index in [2.05, 4.69) is 9.97 Å². The molecule has 19 heavy (non-hydrogen) atoms. The van der Waals surface area contributed by atoms with Gasteiger partial charge in [-0.1, -0.05) is 12.1 Å². The summed E-state index contributed by atoms with van der Waals surface area (Å²) in [5.41, 5.74) is 8.93. The van der Waals surface area contributed by atoms with Crippen LogP contribution in [0.3, 0.4) is 0 Å². The number of nitrogen functional groups attached to an aromatic ring is 1. The van der Waals surface area contributed by atoms with Crippen LogP contribution in [-0.4, -0.2) is 9.97 Å². The second kappa shape index (κ2) is 4.78. The third-order valence-electron chi connectivity index (χ3n) is 2.63. The molecule has 0 unspecified atom stereocenters. The number of anilines is 1. The Morgan fingerprint density at radius 3 is 2.74 bits per heavy atom. The molecule has 0 aliphatic rings. The van der Waals surface area contributed by atoms with Gasteiger partial charge in [0, 0.05) is 16.6 Å². The standard InChI is InChI=1S/C14H10FN3S/c15-10-4-5-12(17-7-10)14-18-13(8-19-14)9-2-1-3-11(16)6-9/h1-8H,16H2. The van der Waals surface area contributed by atoms with Crippen molar-refractivity contribution in [3.63, 3.8) is 0 Å². The van der Waals surface area contributed by atoms with E-state index < -0.39 is 0 Å². The summed E-state index contributed by atoms with van der Waals surface area (Å²) < 4.78 is 12.8. The highest BCUT2D eigenvalue weighted by atomic mass is 32.1. The fraction of sp³-hybridized carbons (Fsp3) is 0. The zero-order valence-electron chi connectivity index (χ0n) is 9.88. The van der Waals surface area contributed by atoms with Gasteiger partial charge >= 0.3 is 0 Å². The van der Waals surface area contributed by atoms with E-state index in [1.165, 1.54) is 23.6 Å². The van der Waals surface area contributed by atoms with Gasteiger partial charge in [0.05, 0.1) is 17.6 Å². The Kier molecular flexibility index (Phi) is 2.97. The number of nitrogens with zero attached hydrogens (tertiary/aromatic N) is 2. The lowest BCUT2D eigenvalue weighted by molar-refractivity contribution is 0.622. The molecule has 3 rings (SSSR count). The molecule has 2 heterocycles. The van der Waals surface area contributed by atoms with Gasteiger partial charge in [0.2, 0.25) is 0 Å². The molecule has 0 radical (unpaired) electrons. The number of hydrogen-bond acceptors (Lipinski definition) is 4. The van der Waals surface area contributed by atoms with Crippen LogP contribution >= 0.6 is 11.3 Å². The van der Waals surface area contributed by atoms with Crippen LogP contribution in [0, 0.1) is 5.82 Å². The third-order valence-corrected chi connectivity index (χ3v) is 3.50. The molecule has 0 saturated carbocycles. The quantitative estimate of drug-likeness (QED) is 0.725. The van der Waals surface area contributed by atoms with Crippen LogP contribution in [0.25, 0.3) is 22.0 Å². The first-order valence-electron chi connectivity index (χ1n) is 5.66. The SMILES string of the molecule is Nc1cccc(-c2csc(-c3ccc(F)cn3)n2)c1. The maximum Gasteiger partial charge on any atom is 0.142 e. The number of halogens is 1. The minimum atomic E-state index is -0.351. The largest absolute Gasteiger partial charge is 0.399 e. The smallest absolute Gasteiger partial charge is 0.142 e. The minimum absolute atomic E-state index is 0.351.